The van der Waals surface area contributed by atoms with Crippen molar-refractivity contribution in [1.82, 2.24) is 10.2 Å². The van der Waals surface area contributed by atoms with Crippen LogP contribution in [0.1, 0.15) is 53.4 Å². The third-order valence-corrected chi connectivity index (χ3v) is 4.13. The minimum absolute atomic E-state index is 0.240. The molecule has 1 aliphatic rings. The molecule has 1 saturated carbocycles. The molecule has 0 heterocycles. The van der Waals surface area contributed by atoms with Crippen molar-refractivity contribution in [1.29, 1.82) is 0 Å². The third-order valence-electron chi connectivity index (χ3n) is 4.13. The summed E-state index contributed by atoms with van der Waals surface area (Å²) in [6.07, 6.45) is 4.53. The summed E-state index contributed by atoms with van der Waals surface area (Å²) in [5, 5.41) is 3.31. The standard InChI is InChI=1S/C15H31N3O/c1-5-9-17-15(4,14(16)19)8-10-18(12(2)3)11-13-6-7-13/h12-13,17H,5-11H2,1-4H3,(H2,16,19). The van der Waals surface area contributed by atoms with Crippen LogP contribution in [0, 0.1) is 5.92 Å². The van der Waals surface area contributed by atoms with Crippen LogP contribution in [0.15, 0.2) is 0 Å². The van der Waals surface area contributed by atoms with Crippen LogP contribution >= 0.6 is 0 Å². The second-order valence-electron chi connectivity index (χ2n) is 6.41. The van der Waals surface area contributed by atoms with Crippen molar-refractivity contribution < 1.29 is 4.79 Å². The summed E-state index contributed by atoms with van der Waals surface area (Å²) in [6.45, 7) is 11.4. The van der Waals surface area contributed by atoms with Crippen molar-refractivity contribution >= 4 is 5.91 Å². The van der Waals surface area contributed by atoms with E-state index in [9.17, 15) is 4.79 Å². The molecule has 4 nitrogen and oxygen atoms in total. The Labute approximate surface area is 118 Å². The van der Waals surface area contributed by atoms with Gasteiger partial charge in [0.2, 0.25) is 5.91 Å². The second kappa shape index (κ2) is 7.25. The monoisotopic (exact) mass is 269 g/mol. The first-order valence-electron chi connectivity index (χ1n) is 7.68. The van der Waals surface area contributed by atoms with Crippen molar-refractivity contribution in [3.8, 4) is 0 Å². The van der Waals surface area contributed by atoms with Crippen molar-refractivity contribution in [3.05, 3.63) is 0 Å². The largest absolute Gasteiger partial charge is 0.368 e. The van der Waals surface area contributed by atoms with E-state index in [0.717, 1.165) is 31.8 Å². The van der Waals surface area contributed by atoms with Crippen LogP contribution in [-0.2, 0) is 4.79 Å². The highest BCUT2D eigenvalue weighted by Gasteiger charge is 2.32. The van der Waals surface area contributed by atoms with E-state index in [1.54, 1.807) is 0 Å². The molecular formula is C15H31N3O. The van der Waals surface area contributed by atoms with Crippen molar-refractivity contribution in [2.24, 2.45) is 11.7 Å². The smallest absolute Gasteiger partial charge is 0.237 e. The minimum Gasteiger partial charge on any atom is -0.368 e. The minimum atomic E-state index is -0.577. The summed E-state index contributed by atoms with van der Waals surface area (Å²) >= 11 is 0. The maximum Gasteiger partial charge on any atom is 0.237 e. The molecule has 0 saturated heterocycles. The van der Waals surface area contributed by atoms with Gasteiger partial charge in [-0.2, -0.15) is 0 Å². The Morgan fingerprint density at radius 1 is 1.47 bits per heavy atom. The maximum absolute atomic E-state index is 11.7. The lowest BCUT2D eigenvalue weighted by Crippen LogP contribution is -2.55. The van der Waals surface area contributed by atoms with Gasteiger partial charge in [-0.05, 0) is 58.9 Å². The van der Waals surface area contributed by atoms with E-state index in [0.29, 0.717) is 6.04 Å². The number of hydrogen-bond donors (Lipinski definition) is 2. The van der Waals surface area contributed by atoms with Gasteiger partial charge in [0.15, 0.2) is 0 Å². The number of carbonyl (C=O) groups excluding carboxylic acids is 1. The van der Waals surface area contributed by atoms with Crippen molar-refractivity contribution in [2.45, 2.75) is 65.0 Å². The van der Waals surface area contributed by atoms with Crippen LogP contribution in [0.25, 0.3) is 0 Å². The molecule has 1 rings (SSSR count). The SMILES string of the molecule is CCCNC(C)(CCN(CC1CC1)C(C)C)C(N)=O. The molecule has 1 atom stereocenters. The lowest BCUT2D eigenvalue weighted by atomic mass is 9.96. The summed E-state index contributed by atoms with van der Waals surface area (Å²) < 4.78 is 0. The van der Waals surface area contributed by atoms with Gasteiger partial charge >= 0.3 is 0 Å². The molecule has 0 bridgehead atoms. The molecule has 0 spiro atoms. The number of nitrogens with one attached hydrogen (secondary N) is 1. The molecule has 112 valence electrons. The van der Waals surface area contributed by atoms with Crippen molar-refractivity contribution in [3.63, 3.8) is 0 Å². The van der Waals surface area contributed by atoms with Gasteiger partial charge in [-0.1, -0.05) is 6.92 Å². The van der Waals surface area contributed by atoms with Crippen LogP contribution < -0.4 is 11.1 Å². The zero-order chi connectivity index (χ0) is 14.5. The molecule has 3 N–H and O–H groups in total. The molecule has 19 heavy (non-hydrogen) atoms. The number of carbonyl (C=O) groups is 1. The van der Waals surface area contributed by atoms with E-state index < -0.39 is 5.54 Å². The number of rotatable bonds is 10. The highest BCUT2D eigenvalue weighted by atomic mass is 16.1. The molecule has 0 aromatic carbocycles. The first-order chi connectivity index (χ1) is 8.89. The summed E-state index contributed by atoms with van der Waals surface area (Å²) in [4.78, 5) is 14.2. The van der Waals surface area contributed by atoms with E-state index in [-0.39, 0.29) is 5.91 Å². The normalized spacial score (nSPS) is 18.8. The number of amides is 1. The zero-order valence-corrected chi connectivity index (χ0v) is 13.0. The van der Waals surface area contributed by atoms with Crippen LogP contribution in [0.4, 0.5) is 0 Å². The van der Waals surface area contributed by atoms with Gasteiger partial charge in [-0.15, -0.1) is 0 Å². The van der Waals surface area contributed by atoms with Gasteiger partial charge in [0.1, 0.15) is 0 Å². The highest BCUT2D eigenvalue weighted by molar-refractivity contribution is 5.84. The molecule has 0 aromatic heterocycles. The van der Waals surface area contributed by atoms with Gasteiger partial charge in [-0.3, -0.25) is 4.79 Å². The van der Waals surface area contributed by atoms with Gasteiger partial charge < -0.3 is 16.0 Å². The van der Waals surface area contributed by atoms with Gasteiger partial charge in [0.05, 0.1) is 5.54 Å². The van der Waals surface area contributed by atoms with E-state index >= 15 is 0 Å². The molecule has 0 radical (unpaired) electrons. The Hall–Kier alpha value is -0.610. The quantitative estimate of drug-likeness (QED) is 0.635. The van der Waals surface area contributed by atoms with Gasteiger partial charge in [-0.25, -0.2) is 0 Å². The average Bonchev–Trinajstić information content (AvgIpc) is 3.15. The molecule has 1 fully saturated rings. The summed E-state index contributed by atoms with van der Waals surface area (Å²) in [5.41, 5.74) is 4.99. The molecule has 0 aliphatic heterocycles. The van der Waals surface area contributed by atoms with Gasteiger partial charge in [0, 0.05) is 19.1 Å². The summed E-state index contributed by atoms with van der Waals surface area (Å²) in [5.74, 6) is 0.641. The lowest BCUT2D eigenvalue weighted by molar-refractivity contribution is -0.124. The van der Waals surface area contributed by atoms with Crippen molar-refractivity contribution in [2.75, 3.05) is 19.6 Å². The molecule has 1 aliphatic carbocycles. The van der Waals surface area contributed by atoms with E-state index in [2.05, 4.69) is 31.0 Å². The number of primary amides is 1. The van der Waals surface area contributed by atoms with E-state index in [1.807, 2.05) is 6.92 Å². The highest BCUT2D eigenvalue weighted by Crippen LogP contribution is 2.30. The van der Waals surface area contributed by atoms with Crippen LogP contribution in [0.2, 0.25) is 0 Å². The Bertz CT molecular complexity index is 289. The number of hydrogen-bond acceptors (Lipinski definition) is 3. The first kappa shape index (κ1) is 16.4. The fourth-order valence-corrected chi connectivity index (χ4v) is 2.26. The van der Waals surface area contributed by atoms with Crippen LogP contribution in [-0.4, -0.2) is 42.0 Å². The van der Waals surface area contributed by atoms with Crippen LogP contribution in [0.3, 0.4) is 0 Å². The predicted octanol–water partition coefficient (Wildman–Crippen LogP) is 1.74. The third kappa shape index (κ3) is 5.49. The molecular weight excluding hydrogens is 238 g/mol. The molecule has 1 amide bonds. The Morgan fingerprint density at radius 3 is 2.53 bits per heavy atom. The number of nitrogens with zero attached hydrogens (tertiary/aromatic N) is 1. The van der Waals surface area contributed by atoms with E-state index in [4.69, 9.17) is 5.73 Å². The fourth-order valence-electron chi connectivity index (χ4n) is 2.26. The topological polar surface area (TPSA) is 58.4 Å². The summed E-state index contributed by atoms with van der Waals surface area (Å²) in [6, 6.07) is 0.531. The maximum atomic E-state index is 11.7. The van der Waals surface area contributed by atoms with Crippen LogP contribution in [0.5, 0.6) is 0 Å². The summed E-state index contributed by atoms with van der Waals surface area (Å²) in [7, 11) is 0. The predicted molar refractivity (Wildman–Crippen MR) is 79.9 cm³/mol. The Morgan fingerprint density at radius 2 is 2.11 bits per heavy atom. The second-order valence-corrected chi connectivity index (χ2v) is 6.41. The van der Waals surface area contributed by atoms with Gasteiger partial charge in [0.25, 0.3) is 0 Å². The molecule has 1 unspecified atom stereocenters. The molecule has 0 aromatic rings. The number of nitrogens with two attached hydrogens (primary N) is 1. The molecule has 4 heteroatoms. The Balaban J connectivity index is 2.49. The fraction of sp³-hybridized carbons (Fsp3) is 0.933. The average molecular weight is 269 g/mol. The zero-order valence-electron chi connectivity index (χ0n) is 13.0. The first-order valence-corrected chi connectivity index (χ1v) is 7.68. The van der Waals surface area contributed by atoms with E-state index in [1.165, 1.54) is 19.4 Å². The Kier molecular flexibility index (Phi) is 6.27. The lowest BCUT2D eigenvalue weighted by Gasteiger charge is -2.33.